The number of rotatable bonds is 0. The molecule has 0 aliphatic carbocycles. The van der Waals surface area contributed by atoms with Crippen molar-refractivity contribution in [3.05, 3.63) is 0 Å². The normalized spacial score (nSPS) is 2.15. The van der Waals surface area contributed by atoms with E-state index >= 15 is 0 Å². The van der Waals surface area contributed by atoms with Crippen molar-refractivity contribution in [2.75, 3.05) is 0 Å². The second kappa shape index (κ2) is 108. The Bertz CT molecular complexity index is 158. The van der Waals surface area contributed by atoms with Crippen molar-refractivity contribution in [1.29, 1.82) is 21.0 Å². The van der Waals surface area contributed by atoms with Gasteiger partial charge >= 0.3 is 0 Å². The molecule has 4 nitrogen and oxygen atoms in total. The van der Waals surface area contributed by atoms with Gasteiger partial charge in [-0.25, -0.2) is 21.0 Å². The molecule has 0 unspecified atom stereocenters. The number of hydrogen-bond donors (Lipinski definition) is 0. The zero-order valence-electron chi connectivity index (χ0n) is 5.76. The number of hydrogen-bond acceptors (Lipinski definition) is 8. The van der Waals surface area contributed by atoms with Gasteiger partial charge in [0.2, 0.25) is 0 Å². The summed E-state index contributed by atoms with van der Waals surface area (Å²) in [5.74, 6) is 0. The van der Waals surface area contributed by atoms with E-state index in [-0.39, 0.29) is 16.8 Å². The van der Waals surface area contributed by atoms with Gasteiger partial charge in [0.05, 0.1) is 0 Å². The van der Waals surface area contributed by atoms with Crippen molar-refractivity contribution in [2.24, 2.45) is 0 Å². The van der Waals surface area contributed by atoms with Crippen LogP contribution in [0.25, 0.3) is 0 Å². The molecule has 13 heavy (non-hydrogen) atoms. The SMILES string of the molecule is N#C[S-].N#C[S-].N#C[S-].N#C[S-].[Co]. The molecule has 0 saturated carbocycles. The van der Waals surface area contributed by atoms with Gasteiger partial charge < -0.3 is 50.5 Å². The summed E-state index contributed by atoms with van der Waals surface area (Å²) in [4.78, 5) is 0. The molecule has 0 fully saturated rings. The van der Waals surface area contributed by atoms with Gasteiger partial charge in [-0.3, -0.25) is 0 Å². The van der Waals surface area contributed by atoms with Crippen molar-refractivity contribution in [3.63, 3.8) is 0 Å². The smallest absolute Gasteiger partial charge is 0 e. The molecule has 9 heteroatoms. The Balaban J connectivity index is -0.0000000213. The quantitative estimate of drug-likeness (QED) is 0.456. The molecule has 0 aromatic heterocycles. The summed E-state index contributed by atoms with van der Waals surface area (Å²) in [5.41, 5.74) is 0. The second-order valence-corrected chi connectivity index (χ2v) is 1.10. The Hall–Kier alpha value is -0.654. The summed E-state index contributed by atoms with van der Waals surface area (Å²) in [5, 5.41) is 33.9. The maximum Gasteiger partial charge on any atom is 0 e. The fraction of sp³-hybridized carbons (Fsp3) is 0. The second-order valence-electron chi connectivity index (χ2n) is 0.365. The van der Waals surface area contributed by atoms with Gasteiger partial charge in [-0.05, 0) is 0 Å². The third-order valence-electron chi connectivity index (χ3n) is 0. The fourth-order valence-electron chi connectivity index (χ4n) is 0. The van der Waals surface area contributed by atoms with Crippen LogP contribution in [-0.4, -0.2) is 0 Å². The molecule has 0 bridgehead atoms. The van der Waals surface area contributed by atoms with Crippen molar-refractivity contribution >= 4 is 50.5 Å². The van der Waals surface area contributed by atoms with Crippen molar-refractivity contribution < 1.29 is 16.8 Å². The van der Waals surface area contributed by atoms with Crippen LogP contribution >= 0.6 is 0 Å². The van der Waals surface area contributed by atoms with Crippen LogP contribution in [-0.2, 0) is 67.3 Å². The fourth-order valence-corrected chi connectivity index (χ4v) is 0. The first-order chi connectivity index (χ1) is 5.66. The Labute approximate surface area is 109 Å². The summed E-state index contributed by atoms with van der Waals surface area (Å²) in [7, 11) is 0. The molecule has 0 saturated heterocycles. The van der Waals surface area contributed by atoms with Crippen molar-refractivity contribution in [2.45, 2.75) is 0 Å². The van der Waals surface area contributed by atoms with Gasteiger partial charge in [-0.2, -0.15) is 0 Å². The molecular weight excluding hydrogens is 291 g/mol. The third kappa shape index (κ3) is 2320. The average molecular weight is 291 g/mol. The van der Waals surface area contributed by atoms with Crippen LogP contribution in [0.4, 0.5) is 0 Å². The Morgan fingerprint density at radius 3 is 0.538 bits per heavy atom. The molecule has 0 N–H and O–H groups in total. The number of nitriles is 4. The summed E-state index contributed by atoms with van der Waals surface area (Å²) >= 11 is 14.8. The van der Waals surface area contributed by atoms with Crippen LogP contribution < -0.4 is 0 Å². The molecule has 0 aromatic carbocycles. The van der Waals surface area contributed by atoms with E-state index in [1.807, 2.05) is 0 Å². The topological polar surface area (TPSA) is 95.2 Å². The molecule has 0 aliphatic rings. The first-order valence-electron chi connectivity index (χ1n) is 1.71. The zero-order valence-corrected chi connectivity index (χ0v) is 10.1. The number of nitrogens with zero attached hydrogens (tertiary/aromatic N) is 4. The van der Waals surface area contributed by atoms with Gasteiger partial charge in [0.1, 0.15) is 0 Å². The Kier molecular flexibility index (Phi) is 246. The van der Waals surface area contributed by atoms with Crippen molar-refractivity contribution in [3.8, 4) is 21.6 Å². The minimum Gasteiger partial charge on any atom is -0.696 e. The van der Waals surface area contributed by atoms with E-state index in [0.29, 0.717) is 0 Å². The molecule has 0 rings (SSSR count). The van der Waals surface area contributed by atoms with E-state index in [1.54, 1.807) is 0 Å². The van der Waals surface area contributed by atoms with Gasteiger partial charge in [0.25, 0.3) is 0 Å². The van der Waals surface area contributed by atoms with E-state index < -0.39 is 0 Å². The minimum absolute atomic E-state index is 0. The van der Waals surface area contributed by atoms with Crippen LogP contribution in [0.15, 0.2) is 0 Å². The molecule has 1 radical (unpaired) electrons. The van der Waals surface area contributed by atoms with Crippen molar-refractivity contribution in [1.82, 2.24) is 0 Å². The van der Waals surface area contributed by atoms with Gasteiger partial charge in [-0.1, -0.05) is 21.6 Å². The van der Waals surface area contributed by atoms with E-state index in [1.165, 1.54) is 21.6 Å². The summed E-state index contributed by atoms with van der Waals surface area (Å²) in [6.07, 6.45) is 0. The maximum absolute atomic E-state index is 7.13. The van der Waals surface area contributed by atoms with Crippen LogP contribution in [0.5, 0.6) is 0 Å². The third-order valence-corrected chi connectivity index (χ3v) is 0. The van der Waals surface area contributed by atoms with Crippen LogP contribution in [0, 0.1) is 42.7 Å². The first kappa shape index (κ1) is 29.5. The molecular formula is C4CoN4S4-4. The summed E-state index contributed by atoms with van der Waals surface area (Å²) < 4.78 is 0. The molecule has 0 spiro atoms. The van der Waals surface area contributed by atoms with E-state index in [2.05, 4.69) is 50.5 Å². The maximum atomic E-state index is 7.13. The molecule has 0 heterocycles. The summed E-state index contributed by atoms with van der Waals surface area (Å²) in [6.45, 7) is 0. The predicted octanol–water partition coefficient (Wildman–Crippen LogP) is 0.0550. The van der Waals surface area contributed by atoms with Gasteiger partial charge in [0.15, 0.2) is 0 Å². The summed E-state index contributed by atoms with van der Waals surface area (Å²) in [6, 6.07) is 0. The molecule has 0 aromatic rings. The zero-order chi connectivity index (χ0) is 10.8. The Morgan fingerprint density at radius 2 is 0.538 bits per heavy atom. The molecule has 0 amide bonds. The minimum atomic E-state index is 0. The largest absolute Gasteiger partial charge is 0.696 e. The monoisotopic (exact) mass is 291 g/mol. The number of thiocyanates is 4. The average Bonchev–Trinajstić information content (AvgIpc) is 1.92. The van der Waals surface area contributed by atoms with Gasteiger partial charge in [0, 0.05) is 16.8 Å². The van der Waals surface area contributed by atoms with Crippen LogP contribution in [0.1, 0.15) is 0 Å². The molecule has 0 atom stereocenters. The Morgan fingerprint density at radius 1 is 0.538 bits per heavy atom. The van der Waals surface area contributed by atoms with Crippen LogP contribution in [0.3, 0.4) is 0 Å². The van der Waals surface area contributed by atoms with E-state index in [4.69, 9.17) is 21.0 Å². The van der Waals surface area contributed by atoms with E-state index in [9.17, 15) is 0 Å². The standard InChI is InChI=1S/4CHNS.Co/c4*2-1-3;/h4*3H;/p-4. The van der Waals surface area contributed by atoms with Gasteiger partial charge in [-0.15, -0.1) is 0 Å². The van der Waals surface area contributed by atoms with Crippen LogP contribution in [0.2, 0.25) is 0 Å². The first-order valence-corrected chi connectivity index (χ1v) is 3.34. The van der Waals surface area contributed by atoms with E-state index in [0.717, 1.165) is 0 Å². The molecule has 73 valence electrons. The molecule has 0 aliphatic heterocycles. The predicted molar refractivity (Wildman–Crippen MR) is 51.9 cm³/mol.